The predicted molar refractivity (Wildman–Crippen MR) is 85.0 cm³/mol. The molecule has 1 aromatic carbocycles. The Morgan fingerprint density at radius 1 is 1.17 bits per heavy atom. The van der Waals surface area contributed by atoms with Crippen LogP contribution in [-0.2, 0) is 14.8 Å². The molecule has 130 valence electrons. The number of sulfonamides is 1. The average molecular weight is 353 g/mol. The number of hydrogen-bond acceptors (Lipinski definition) is 5. The van der Waals surface area contributed by atoms with E-state index in [9.17, 15) is 18.0 Å². The number of urea groups is 1. The second-order valence-electron chi connectivity index (χ2n) is 6.04. The van der Waals surface area contributed by atoms with Gasteiger partial charge in [-0.3, -0.25) is 9.69 Å². The number of carbonyl (C=O) groups excluding carboxylic acids is 2. The molecule has 0 unspecified atom stereocenters. The summed E-state index contributed by atoms with van der Waals surface area (Å²) < 4.78 is 31.9. The summed E-state index contributed by atoms with van der Waals surface area (Å²) in [5.74, 6) is 0.280. The maximum atomic E-state index is 12.6. The summed E-state index contributed by atoms with van der Waals surface area (Å²) in [5, 5.41) is 2.43. The Balaban J connectivity index is 1.67. The molecule has 24 heavy (non-hydrogen) atoms. The summed E-state index contributed by atoms with van der Waals surface area (Å²) in [7, 11) is -3.64. The van der Waals surface area contributed by atoms with E-state index in [4.69, 9.17) is 4.74 Å². The fraction of sp³-hybridized carbons (Fsp3) is 0.467. The molecule has 2 saturated heterocycles. The van der Waals surface area contributed by atoms with Crippen LogP contribution in [0.15, 0.2) is 29.2 Å². The smallest absolute Gasteiger partial charge is 0.324 e. The quantitative estimate of drug-likeness (QED) is 0.773. The Hall–Kier alpha value is -2.13. The Labute approximate surface area is 140 Å². The molecule has 0 radical (unpaired) electrons. The molecule has 0 spiro atoms. The van der Waals surface area contributed by atoms with Crippen LogP contribution in [0.5, 0.6) is 5.75 Å². The van der Waals surface area contributed by atoms with Gasteiger partial charge in [-0.1, -0.05) is 0 Å². The molecule has 9 heteroatoms. The third-order valence-corrected chi connectivity index (χ3v) is 5.75. The molecular formula is C15H19N3O5S. The van der Waals surface area contributed by atoms with Crippen LogP contribution >= 0.6 is 0 Å². The summed E-state index contributed by atoms with van der Waals surface area (Å²) >= 11 is 0. The molecule has 2 aliphatic heterocycles. The summed E-state index contributed by atoms with van der Waals surface area (Å²) in [6, 6.07) is 5.35. The first-order valence-electron chi connectivity index (χ1n) is 7.66. The second kappa shape index (κ2) is 6.06. The topological polar surface area (TPSA) is 96.0 Å². The number of imide groups is 1. The number of nitrogens with one attached hydrogen (secondary N) is 1. The molecule has 0 atom stereocenters. The van der Waals surface area contributed by atoms with Gasteiger partial charge in [0.2, 0.25) is 15.9 Å². The van der Waals surface area contributed by atoms with Gasteiger partial charge >= 0.3 is 6.03 Å². The van der Waals surface area contributed by atoms with Crippen molar-refractivity contribution in [1.82, 2.24) is 14.5 Å². The monoisotopic (exact) mass is 353 g/mol. The third kappa shape index (κ3) is 2.96. The summed E-state index contributed by atoms with van der Waals surface area (Å²) in [6.07, 6.45) is 0.00717. The lowest BCUT2D eigenvalue weighted by Crippen LogP contribution is -2.62. The lowest BCUT2D eigenvalue weighted by atomic mass is 10.1. The van der Waals surface area contributed by atoms with Gasteiger partial charge in [-0.05, 0) is 38.1 Å². The number of nitrogens with zero attached hydrogens (tertiary/aromatic N) is 2. The molecule has 1 N–H and O–H groups in total. The Morgan fingerprint density at radius 3 is 2.29 bits per heavy atom. The predicted octanol–water partition coefficient (Wildman–Crippen LogP) is 0.398. The Kier molecular flexibility index (Phi) is 4.22. The minimum atomic E-state index is -3.64. The first-order chi connectivity index (χ1) is 11.3. The molecule has 2 fully saturated rings. The van der Waals surface area contributed by atoms with Crippen molar-refractivity contribution in [3.05, 3.63) is 24.3 Å². The highest BCUT2D eigenvalue weighted by atomic mass is 32.2. The standard InChI is InChI=1S/C15H19N3O5S/c1-10(2)23-12-3-5-13(6-4-12)24(21,22)17-8-11(9-17)18-14(19)7-16-15(18)20/h3-6,10-11H,7-9H2,1-2H3,(H,16,20). The van der Waals surface area contributed by atoms with E-state index in [2.05, 4.69) is 5.32 Å². The van der Waals surface area contributed by atoms with Crippen molar-refractivity contribution in [3.8, 4) is 5.75 Å². The number of benzene rings is 1. The molecule has 0 aromatic heterocycles. The Morgan fingerprint density at radius 2 is 1.79 bits per heavy atom. The maximum Gasteiger partial charge on any atom is 0.324 e. The Bertz CT molecular complexity index is 738. The van der Waals surface area contributed by atoms with Crippen molar-refractivity contribution in [2.45, 2.75) is 30.9 Å². The van der Waals surface area contributed by atoms with E-state index in [-0.39, 0.29) is 36.5 Å². The van der Waals surface area contributed by atoms with E-state index >= 15 is 0 Å². The van der Waals surface area contributed by atoms with Crippen LogP contribution in [0.25, 0.3) is 0 Å². The first kappa shape index (κ1) is 16.7. The largest absolute Gasteiger partial charge is 0.491 e. The van der Waals surface area contributed by atoms with Gasteiger partial charge in [0.05, 0.1) is 23.6 Å². The van der Waals surface area contributed by atoms with Crippen molar-refractivity contribution in [1.29, 1.82) is 0 Å². The van der Waals surface area contributed by atoms with Crippen LogP contribution < -0.4 is 10.1 Å². The number of hydrogen-bond donors (Lipinski definition) is 1. The fourth-order valence-corrected chi connectivity index (χ4v) is 4.21. The molecule has 0 bridgehead atoms. The summed E-state index contributed by atoms with van der Waals surface area (Å²) in [4.78, 5) is 24.5. The normalized spacial score (nSPS) is 19.5. The number of rotatable bonds is 5. The number of ether oxygens (including phenoxy) is 1. The van der Waals surface area contributed by atoms with Crippen molar-refractivity contribution < 1.29 is 22.7 Å². The van der Waals surface area contributed by atoms with E-state index < -0.39 is 22.1 Å². The van der Waals surface area contributed by atoms with Crippen LogP contribution in [-0.4, -0.2) is 61.3 Å². The lowest BCUT2D eigenvalue weighted by Gasteiger charge is -2.41. The van der Waals surface area contributed by atoms with Gasteiger partial charge in [-0.15, -0.1) is 0 Å². The second-order valence-corrected chi connectivity index (χ2v) is 7.97. The van der Waals surface area contributed by atoms with Crippen LogP contribution in [0, 0.1) is 0 Å². The number of amides is 3. The molecule has 3 amide bonds. The van der Waals surface area contributed by atoms with Crippen molar-refractivity contribution >= 4 is 22.0 Å². The molecule has 0 aliphatic carbocycles. The molecule has 0 saturated carbocycles. The zero-order valence-electron chi connectivity index (χ0n) is 13.4. The van der Waals surface area contributed by atoms with E-state index in [0.717, 1.165) is 4.90 Å². The van der Waals surface area contributed by atoms with E-state index in [0.29, 0.717) is 5.75 Å². The van der Waals surface area contributed by atoms with Crippen LogP contribution in [0.3, 0.4) is 0 Å². The highest BCUT2D eigenvalue weighted by molar-refractivity contribution is 7.89. The molecular weight excluding hydrogens is 334 g/mol. The van der Waals surface area contributed by atoms with Crippen LogP contribution in [0.1, 0.15) is 13.8 Å². The van der Waals surface area contributed by atoms with Crippen molar-refractivity contribution in [2.24, 2.45) is 0 Å². The molecule has 2 aliphatic rings. The van der Waals surface area contributed by atoms with Gasteiger partial charge in [0.25, 0.3) is 0 Å². The highest BCUT2D eigenvalue weighted by Crippen LogP contribution is 2.26. The van der Waals surface area contributed by atoms with Gasteiger partial charge < -0.3 is 10.1 Å². The van der Waals surface area contributed by atoms with Gasteiger partial charge in [-0.2, -0.15) is 4.31 Å². The third-order valence-electron chi connectivity index (χ3n) is 3.91. The first-order valence-corrected chi connectivity index (χ1v) is 9.10. The van der Waals surface area contributed by atoms with E-state index in [1.165, 1.54) is 16.4 Å². The minimum Gasteiger partial charge on any atom is -0.491 e. The molecule has 1 aromatic rings. The van der Waals surface area contributed by atoms with Gasteiger partial charge in [0, 0.05) is 13.1 Å². The van der Waals surface area contributed by atoms with Crippen molar-refractivity contribution in [2.75, 3.05) is 19.6 Å². The van der Waals surface area contributed by atoms with E-state index in [1.54, 1.807) is 12.1 Å². The minimum absolute atomic E-state index is 0.00717. The van der Waals surface area contributed by atoms with Gasteiger partial charge in [0.15, 0.2) is 0 Å². The zero-order valence-corrected chi connectivity index (χ0v) is 14.2. The fourth-order valence-electron chi connectivity index (χ4n) is 2.69. The summed E-state index contributed by atoms with van der Waals surface area (Å²) in [6.45, 7) is 3.98. The lowest BCUT2D eigenvalue weighted by molar-refractivity contribution is -0.128. The average Bonchev–Trinajstić information content (AvgIpc) is 2.78. The number of carbonyl (C=O) groups is 2. The molecule has 8 nitrogen and oxygen atoms in total. The van der Waals surface area contributed by atoms with Crippen LogP contribution in [0.4, 0.5) is 4.79 Å². The van der Waals surface area contributed by atoms with Crippen LogP contribution in [0.2, 0.25) is 0 Å². The molecule has 2 heterocycles. The van der Waals surface area contributed by atoms with Crippen molar-refractivity contribution in [3.63, 3.8) is 0 Å². The van der Waals surface area contributed by atoms with E-state index in [1.807, 2.05) is 13.8 Å². The summed E-state index contributed by atoms with van der Waals surface area (Å²) in [5.41, 5.74) is 0. The SMILES string of the molecule is CC(C)Oc1ccc(S(=O)(=O)N2CC(N3C(=O)CNC3=O)C2)cc1. The zero-order chi connectivity index (χ0) is 17.5. The van der Waals surface area contributed by atoms with Gasteiger partial charge in [-0.25, -0.2) is 13.2 Å². The maximum absolute atomic E-state index is 12.6. The highest BCUT2D eigenvalue weighted by Gasteiger charge is 2.45. The molecule has 3 rings (SSSR count). The van der Waals surface area contributed by atoms with Gasteiger partial charge in [0.1, 0.15) is 5.75 Å².